The van der Waals surface area contributed by atoms with Crippen molar-refractivity contribution in [2.24, 2.45) is 0 Å². The van der Waals surface area contributed by atoms with E-state index in [1.165, 1.54) is 154 Å². The van der Waals surface area contributed by atoms with Gasteiger partial charge in [-0.15, -0.1) is 0 Å². The molecule has 8 nitrogen and oxygen atoms in total. The summed E-state index contributed by atoms with van der Waals surface area (Å²) in [6.45, 7) is 8.83. The van der Waals surface area contributed by atoms with E-state index < -0.39 is 23.9 Å². The third-order valence-electron chi connectivity index (χ3n) is 8.94. The Morgan fingerprint density at radius 1 is 0.245 bits per heavy atom. The Bertz CT molecular complexity index is 612. The average molecular weight is 920 g/mol. The van der Waals surface area contributed by atoms with Crippen LogP contribution in [0.15, 0.2) is 0 Å². The van der Waals surface area contributed by atoms with E-state index in [0.717, 1.165) is 51.4 Å². The van der Waals surface area contributed by atoms with E-state index in [1.807, 2.05) is 0 Å². The zero-order chi connectivity index (χ0) is 39.8. The molecule has 0 aliphatic heterocycles. The van der Waals surface area contributed by atoms with E-state index >= 15 is 0 Å². The van der Waals surface area contributed by atoms with Gasteiger partial charge >= 0.3 is 25.8 Å². The van der Waals surface area contributed by atoms with Crippen molar-refractivity contribution < 1.29 is 65.4 Å². The van der Waals surface area contributed by atoms with Crippen LogP contribution in [0.3, 0.4) is 0 Å². The van der Waals surface area contributed by atoms with E-state index in [9.17, 15) is 39.6 Å². The molecule has 0 fully saturated rings. The zero-order valence-electron chi connectivity index (χ0n) is 35.2. The summed E-state index contributed by atoms with van der Waals surface area (Å²) < 4.78 is 0. The van der Waals surface area contributed by atoms with Gasteiger partial charge in [-0.25, -0.2) is 0 Å². The second kappa shape index (κ2) is 57.5. The van der Waals surface area contributed by atoms with Crippen LogP contribution in [0.25, 0.3) is 0 Å². The number of hydrogen-bond donors (Lipinski definition) is 0. The summed E-state index contributed by atoms with van der Waals surface area (Å²) in [5.74, 6) is -3.64. The normalized spacial score (nSPS) is 10.0. The van der Waals surface area contributed by atoms with Crippen LogP contribution in [0.2, 0.25) is 0 Å². The van der Waals surface area contributed by atoms with Gasteiger partial charge in [-0.3, -0.25) is 0 Å². The number of unbranched alkanes of at least 4 members (excludes halogenated alkanes) is 28. The molecular weight excluding hydrogens is 835 g/mol. The van der Waals surface area contributed by atoms with Gasteiger partial charge in [0.15, 0.2) is 0 Å². The number of carbonyl (C=O) groups is 4. The van der Waals surface area contributed by atoms with Gasteiger partial charge in [0.25, 0.3) is 0 Å². The van der Waals surface area contributed by atoms with Crippen molar-refractivity contribution in [2.75, 3.05) is 0 Å². The number of rotatable bonds is 36. The summed E-state index contributed by atoms with van der Waals surface area (Å²) in [6.07, 6.45) is 39.0. The monoisotopic (exact) mass is 921 g/mol. The Kier molecular flexibility index (Phi) is 66.1. The molecule has 9 heteroatoms. The van der Waals surface area contributed by atoms with Gasteiger partial charge in [0.1, 0.15) is 0 Å². The fourth-order valence-electron chi connectivity index (χ4n) is 5.61. The molecule has 0 aromatic rings. The maximum atomic E-state index is 10.1. The maximum absolute atomic E-state index is 10.1. The molecule has 53 heavy (non-hydrogen) atoms. The molecule has 0 N–H and O–H groups in total. The molecule has 0 atom stereocenters. The summed E-state index contributed by atoms with van der Waals surface area (Å²) >= 11 is 0. The van der Waals surface area contributed by atoms with Crippen LogP contribution >= 0.6 is 0 Å². The maximum Gasteiger partial charge on any atom is 4.00 e. The first-order valence-electron chi connectivity index (χ1n) is 21.9. The second-order valence-electron chi connectivity index (χ2n) is 14.4. The predicted molar refractivity (Wildman–Crippen MR) is 209 cm³/mol. The van der Waals surface area contributed by atoms with Crippen molar-refractivity contribution in [2.45, 2.75) is 259 Å². The van der Waals surface area contributed by atoms with E-state index in [4.69, 9.17) is 0 Å². The fraction of sp³-hybridized carbons (Fsp3) is 0.909. The Balaban J connectivity index is -0.000000192. The minimum atomic E-state index is -0.911. The molecule has 0 heterocycles. The summed E-state index contributed by atoms with van der Waals surface area (Å²) in [5, 5.41) is 40.2. The van der Waals surface area contributed by atoms with Crippen molar-refractivity contribution >= 4 is 23.9 Å². The Morgan fingerprint density at radius 2 is 0.358 bits per heavy atom. The van der Waals surface area contributed by atoms with Gasteiger partial charge in [0.05, 0.1) is 0 Å². The minimum absolute atomic E-state index is 0. The topological polar surface area (TPSA) is 161 Å². The molecule has 312 valence electrons. The van der Waals surface area contributed by atoms with Crippen molar-refractivity contribution in [3.05, 3.63) is 0 Å². The molecule has 0 aromatic heterocycles. The van der Waals surface area contributed by atoms with Crippen LogP contribution in [0, 0.1) is 0 Å². The van der Waals surface area contributed by atoms with Crippen molar-refractivity contribution in [3.8, 4) is 0 Å². The molecule has 0 spiro atoms. The number of carboxylic acids is 4. The van der Waals surface area contributed by atoms with Crippen LogP contribution in [0.5, 0.6) is 0 Å². The van der Waals surface area contributed by atoms with Gasteiger partial charge in [-0.05, 0) is 51.4 Å². The molecule has 0 rings (SSSR count). The smallest absolute Gasteiger partial charge is 0.550 e. The number of aliphatic carboxylic acids is 4. The molecule has 0 radical (unpaired) electrons. The SMILES string of the molecule is CCCCCCCCCCC(=O)[O-].CCCCCCCCCCC(=O)[O-].CCCCCCCCCCC(=O)[O-].CCCCCCCCCCC(=O)[O-].[Hf+4]. The first kappa shape index (κ1) is 61.0. The molecule has 0 aliphatic carbocycles. The third kappa shape index (κ3) is 80.3. The van der Waals surface area contributed by atoms with E-state index in [-0.39, 0.29) is 51.5 Å². The molecule has 0 bridgehead atoms. The first-order chi connectivity index (χ1) is 25.1. The molecule has 0 aliphatic rings. The molecule has 0 saturated heterocycles. The molecular formula is C44H84HfO8. The minimum Gasteiger partial charge on any atom is -0.550 e. The van der Waals surface area contributed by atoms with E-state index in [1.54, 1.807) is 0 Å². The number of carbonyl (C=O) groups excluding carboxylic acids is 4. The predicted octanol–water partition coefficient (Wildman–Crippen LogP) is 9.07. The average Bonchev–Trinajstić information content (AvgIpc) is 3.10. The standard InChI is InChI=1S/4C11H22O2.Hf/c4*1-2-3-4-5-6-7-8-9-10-11(12)13;/h4*2-10H2,1H3,(H,12,13);/q;;;;+4/p-4. The Labute approximate surface area is 346 Å². The summed E-state index contributed by atoms with van der Waals surface area (Å²) in [7, 11) is 0. The molecule has 0 aromatic carbocycles. The molecule has 0 saturated carbocycles. The molecule has 0 unspecified atom stereocenters. The summed E-state index contributed by atoms with van der Waals surface area (Å²) in [6, 6.07) is 0. The first-order valence-corrected chi connectivity index (χ1v) is 21.9. The van der Waals surface area contributed by atoms with Gasteiger partial charge in [-0.1, -0.05) is 207 Å². The van der Waals surface area contributed by atoms with Crippen LogP contribution in [0.4, 0.5) is 0 Å². The van der Waals surface area contributed by atoms with Crippen LogP contribution in [-0.4, -0.2) is 23.9 Å². The quantitative estimate of drug-likeness (QED) is 0.0445. The number of carboxylic acid groups (broad SMARTS) is 4. The van der Waals surface area contributed by atoms with Crippen LogP contribution in [0.1, 0.15) is 259 Å². The van der Waals surface area contributed by atoms with Crippen molar-refractivity contribution in [1.29, 1.82) is 0 Å². The van der Waals surface area contributed by atoms with Gasteiger partial charge in [0, 0.05) is 23.9 Å². The largest absolute Gasteiger partial charge is 4.00 e. The Hall–Kier alpha value is -1.25. The van der Waals surface area contributed by atoms with Crippen molar-refractivity contribution in [3.63, 3.8) is 0 Å². The third-order valence-corrected chi connectivity index (χ3v) is 8.94. The number of hydrogen-bond acceptors (Lipinski definition) is 8. The van der Waals surface area contributed by atoms with Gasteiger partial charge in [0.2, 0.25) is 0 Å². The van der Waals surface area contributed by atoms with Gasteiger partial charge < -0.3 is 39.6 Å². The summed E-state index contributed by atoms with van der Waals surface area (Å²) in [5.41, 5.74) is 0. The second-order valence-corrected chi connectivity index (χ2v) is 14.4. The van der Waals surface area contributed by atoms with E-state index in [2.05, 4.69) is 27.7 Å². The summed E-state index contributed by atoms with van der Waals surface area (Å²) in [4.78, 5) is 40.2. The Morgan fingerprint density at radius 3 is 0.472 bits per heavy atom. The van der Waals surface area contributed by atoms with Crippen molar-refractivity contribution in [1.82, 2.24) is 0 Å². The van der Waals surface area contributed by atoms with Crippen LogP contribution in [-0.2, 0) is 45.0 Å². The van der Waals surface area contributed by atoms with Crippen LogP contribution < -0.4 is 20.4 Å². The van der Waals surface area contributed by atoms with E-state index in [0.29, 0.717) is 0 Å². The fourth-order valence-corrected chi connectivity index (χ4v) is 5.61. The molecule has 0 amide bonds. The van der Waals surface area contributed by atoms with Gasteiger partial charge in [-0.2, -0.15) is 0 Å². The zero-order valence-corrected chi connectivity index (χ0v) is 38.8.